The molecule has 1 heterocycles. The summed E-state index contributed by atoms with van der Waals surface area (Å²) in [7, 11) is 0. The van der Waals surface area contributed by atoms with E-state index in [1.165, 1.54) is 0 Å². The van der Waals surface area contributed by atoms with Gasteiger partial charge in [0, 0.05) is 23.6 Å². The number of nitrogens with zero attached hydrogens (tertiary/aromatic N) is 2. The first-order chi connectivity index (χ1) is 6.40. The van der Waals surface area contributed by atoms with Crippen molar-refractivity contribution in [2.24, 2.45) is 0 Å². The van der Waals surface area contributed by atoms with Crippen molar-refractivity contribution in [2.75, 3.05) is 0 Å². The lowest BCUT2D eigenvalue weighted by atomic mass is 10.2. The average Bonchev–Trinajstić information content (AvgIpc) is 2.71. The lowest BCUT2D eigenvalue weighted by molar-refractivity contribution is 0.563. The van der Waals surface area contributed by atoms with Crippen LogP contribution in [0.1, 0.15) is 5.56 Å². The summed E-state index contributed by atoms with van der Waals surface area (Å²) in [4.78, 5) is 14.2. The number of hydrogen-bond acceptors (Lipinski definition) is 2. The van der Waals surface area contributed by atoms with Gasteiger partial charge in [0.15, 0.2) is 0 Å². The number of imidazole rings is 1. The highest BCUT2D eigenvalue weighted by Crippen LogP contribution is 2.07. The van der Waals surface area contributed by atoms with Gasteiger partial charge in [0.05, 0.1) is 6.33 Å². The molecule has 0 atom stereocenters. The lowest BCUT2D eigenvalue weighted by Crippen LogP contribution is -1.89. The van der Waals surface area contributed by atoms with Gasteiger partial charge in [-0.05, 0) is 24.3 Å². The van der Waals surface area contributed by atoms with Gasteiger partial charge in [0.25, 0.3) is 0 Å². The molecule has 13 heavy (non-hydrogen) atoms. The van der Waals surface area contributed by atoms with Crippen molar-refractivity contribution in [1.82, 2.24) is 9.55 Å². The molecule has 3 nitrogen and oxygen atoms in total. The van der Waals surface area contributed by atoms with Crippen LogP contribution < -0.4 is 0 Å². The van der Waals surface area contributed by atoms with Gasteiger partial charge in [0.1, 0.15) is 0 Å². The summed E-state index contributed by atoms with van der Waals surface area (Å²) >= 11 is 0. The van der Waals surface area contributed by atoms with Crippen LogP contribution in [0.5, 0.6) is 0 Å². The van der Waals surface area contributed by atoms with Gasteiger partial charge in [-0.2, -0.15) is 0 Å². The molecule has 3 heteroatoms. The van der Waals surface area contributed by atoms with E-state index in [9.17, 15) is 4.79 Å². The molecule has 2 aromatic rings. The zero-order valence-corrected chi connectivity index (χ0v) is 6.84. The van der Waals surface area contributed by atoms with Gasteiger partial charge in [-0.3, -0.25) is 4.79 Å². The Kier molecular flexibility index (Phi) is 1.92. The third-order valence-electron chi connectivity index (χ3n) is 1.79. The lowest BCUT2D eigenvalue weighted by Gasteiger charge is -2.00. The minimum Gasteiger partial charge on any atom is -0.306 e. The first-order valence-electron chi connectivity index (χ1n) is 3.87. The third kappa shape index (κ3) is 1.49. The maximum absolute atomic E-state index is 10.3. The van der Waals surface area contributed by atoms with Crippen LogP contribution in [0.25, 0.3) is 5.69 Å². The van der Waals surface area contributed by atoms with Crippen LogP contribution in [0, 0.1) is 0 Å². The molecule has 0 aliphatic heterocycles. The van der Waals surface area contributed by atoms with E-state index in [4.69, 9.17) is 0 Å². The smallest absolute Gasteiger partial charge is 0.233 e. The first kappa shape index (κ1) is 7.73. The average molecular weight is 171 g/mol. The molecular weight excluding hydrogens is 164 g/mol. The molecule has 0 saturated carbocycles. The second-order valence-electron chi connectivity index (χ2n) is 2.62. The van der Waals surface area contributed by atoms with Gasteiger partial charge in [-0.25, -0.2) is 4.98 Å². The Morgan fingerprint density at radius 3 is 2.54 bits per heavy atom. The topological polar surface area (TPSA) is 34.9 Å². The molecule has 1 aromatic heterocycles. The summed E-state index contributed by atoms with van der Waals surface area (Å²) in [6, 6.07) is 7.15. The van der Waals surface area contributed by atoms with Crippen molar-refractivity contribution < 1.29 is 4.79 Å². The molecule has 0 saturated heterocycles. The number of benzene rings is 1. The highest BCUT2D eigenvalue weighted by Gasteiger charge is 1.94. The number of rotatable bonds is 2. The molecule has 1 aromatic carbocycles. The third-order valence-corrected chi connectivity index (χ3v) is 1.79. The molecule has 0 aliphatic rings. The molecule has 0 N–H and O–H groups in total. The summed E-state index contributed by atoms with van der Waals surface area (Å²) in [5.74, 6) is 0. The zero-order valence-electron chi connectivity index (χ0n) is 6.84. The largest absolute Gasteiger partial charge is 0.306 e. The van der Waals surface area contributed by atoms with Crippen molar-refractivity contribution in [3.05, 3.63) is 48.5 Å². The molecule has 0 bridgehead atoms. The molecule has 0 unspecified atom stereocenters. The van der Waals surface area contributed by atoms with Crippen LogP contribution in [0.3, 0.4) is 0 Å². The maximum Gasteiger partial charge on any atom is 0.233 e. The Hall–Kier alpha value is -1.90. The van der Waals surface area contributed by atoms with Gasteiger partial charge in [-0.1, -0.05) is 0 Å². The van der Waals surface area contributed by atoms with Gasteiger partial charge in [0.2, 0.25) is 6.29 Å². The monoisotopic (exact) mass is 171 g/mol. The van der Waals surface area contributed by atoms with E-state index in [0.29, 0.717) is 5.56 Å². The molecule has 1 radical (unpaired) electrons. The van der Waals surface area contributed by atoms with E-state index in [1.54, 1.807) is 24.7 Å². The van der Waals surface area contributed by atoms with Crippen LogP contribution in [0.15, 0.2) is 43.0 Å². The van der Waals surface area contributed by atoms with E-state index in [2.05, 4.69) is 4.98 Å². The molecule has 0 amide bonds. The molecular formula is C10H7N2O. The predicted molar refractivity (Wildman–Crippen MR) is 48.4 cm³/mol. The fourth-order valence-electron chi connectivity index (χ4n) is 1.11. The van der Waals surface area contributed by atoms with Gasteiger partial charge >= 0.3 is 0 Å². The van der Waals surface area contributed by atoms with Crippen molar-refractivity contribution in [2.45, 2.75) is 0 Å². The standard InChI is InChI=1S/C10H7N2O/c13-7-9-1-3-10(4-2-9)12-6-5-11-8-12/h1-6,8H. The summed E-state index contributed by atoms with van der Waals surface area (Å²) in [5.41, 5.74) is 1.54. The Morgan fingerprint density at radius 1 is 1.23 bits per heavy atom. The minimum absolute atomic E-state index is 0.559. The highest BCUT2D eigenvalue weighted by molar-refractivity contribution is 5.75. The molecule has 2 rings (SSSR count). The van der Waals surface area contributed by atoms with Crippen LogP contribution in [0.2, 0.25) is 0 Å². The highest BCUT2D eigenvalue weighted by atomic mass is 16.1. The zero-order chi connectivity index (χ0) is 9.10. The van der Waals surface area contributed by atoms with Gasteiger partial charge < -0.3 is 4.57 Å². The van der Waals surface area contributed by atoms with Crippen LogP contribution in [-0.4, -0.2) is 15.8 Å². The maximum atomic E-state index is 10.3. The summed E-state index contributed by atoms with van der Waals surface area (Å²) < 4.78 is 1.87. The van der Waals surface area contributed by atoms with Crippen molar-refractivity contribution in [3.8, 4) is 5.69 Å². The predicted octanol–water partition coefficient (Wildman–Crippen LogP) is 1.33. The minimum atomic E-state index is 0.559. The molecule has 63 valence electrons. The summed E-state index contributed by atoms with van der Waals surface area (Å²) in [6.07, 6.45) is 7.09. The van der Waals surface area contributed by atoms with Crippen LogP contribution in [0.4, 0.5) is 0 Å². The first-order valence-corrected chi connectivity index (χ1v) is 3.87. The van der Waals surface area contributed by atoms with Crippen LogP contribution in [-0.2, 0) is 4.79 Å². The Labute approximate surface area is 75.7 Å². The van der Waals surface area contributed by atoms with E-state index < -0.39 is 0 Å². The Morgan fingerprint density at radius 2 is 2.00 bits per heavy atom. The Bertz CT molecular complexity index is 389. The fourth-order valence-corrected chi connectivity index (χ4v) is 1.11. The van der Waals surface area contributed by atoms with E-state index in [0.717, 1.165) is 5.69 Å². The van der Waals surface area contributed by atoms with Gasteiger partial charge in [-0.15, -0.1) is 0 Å². The second kappa shape index (κ2) is 3.23. The molecule has 0 aliphatic carbocycles. The van der Waals surface area contributed by atoms with Crippen molar-refractivity contribution in [3.63, 3.8) is 0 Å². The van der Waals surface area contributed by atoms with Crippen molar-refractivity contribution in [1.29, 1.82) is 0 Å². The normalized spacial score (nSPS) is 9.85. The number of hydrogen-bond donors (Lipinski definition) is 0. The molecule has 0 fully saturated rings. The van der Waals surface area contributed by atoms with E-state index in [-0.39, 0.29) is 0 Å². The number of carbonyl (C=O) groups excluding carboxylic acids is 1. The van der Waals surface area contributed by atoms with Crippen molar-refractivity contribution >= 4 is 6.29 Å². The summed E-state index contributed by atoms with van der Waals surface area (Å²) in [6.45, 7) is 0. The fraction of sp³-hybridized carbons (Fsp3) is 0. The number of aromatic nitrogens is 2. The summed E-state index contributed by atoms with van der Waals surface area (Å²) in [5, 5.41) is 0. The SMILES string of the molecule is O=[C]c1ccc(-n2ccnc2)cc1. The quantitative estimate of drug-likeness (QED) is 0.683. The second-order valence-corrected chi connectivity index (χ2v) is 2.62. The Balaban J connectivity index is 2.38. The van der Waals surface area contributed by atoms with Crippen LogP contribution >= 0.6 is 0 Å². The molecule has 0 spiro atoms. The van der Waals surface area contributed by atoms with E-state index in [1.807, 2.05) is 29.2 Å². The van der Waals surface area contributed by atoms with E-state index >= 15 is 0 Å².